The molecule has 1 heterocycles. The molecule has 0 radical (unpaired) electrons. The van der Waals surface area contributed by atoms with Crippen LogP contribution in [-0.2, 0) is 16.1 Å². The van der Waals surface area contributed by atoms with Crippen molar-refractivity contribution in [2.75, 3.05) is 32.7 Å². The van der Waals surface area contributed by atoms with Crippen molar-refractivity contribution in [1.82, 2.24) is 15.1 Å². The number of amides is 2. The lowest BCUT2D eigenvalue weighted by atomic mass is 9.99. The standard InChI is InChI=1S/C19H30N4O2.ClH/c1-3-15(2)18(20)19(25)21-13-17(24)23-11-9-22(10-12-23)14-16-7-5-4-6-8-16;/h4-8,15,18H,3,9-14,20H2,1-2H3,(H,21,25);1H. The Kier molecular flexibility index (Phi) is 9.62. The third kappa shape index (κ3) is 6.59. The van der Waals surface area contributed by atoms with Crippen molar-refractivity contribution in [3.05, 3.63) is 35.9 Å². The van der Waals surface area contributed by atoms with Gasteiger partial charge in [-0.25, -0.2) is 0 Å². The van der Waals surface area contributed by atoms with Gasteiger partial charge in [-0.05, 0) is 11.5 Å². The first-order valence-corrected chi connectivity index (χ1v) is 9.08. The fourth-order valence-electron chi connectivity index (χ4n) is 2.90. The lowest BCUT2D eigenvalue weighted by Crippen LogP contribution is -2.52. The maximum absolute atomic E-state index is 12.3. The van der Waals surface area contributed by atoms with Crippen LogP contribution in [0.5, 0.6) is 0 Å². The van der Waals surface area contributed by atoms with Gasteiger partial charge in [-0.1, -0.05) is 50.6 Å². The molecular weight excluding hydrogens is 352 g/mol. The fourth-order valence-corrected chi connectivity index (χ4v) is 2.90. The number of carbonyl (C=O) groups is 2. The van der Waals surface area contributed by atoms with Crippen LogP contribution in [0.1, 0.15) is 25.8 Å². The van der Waals surface area contributed by atoms with Crippen molar-refractivity contribution >= 4 is 24.2 Å². The van der Waals surface area contributed by atoms with Crippen LogP contribution in [0.15, 0.2) is 30.3 Å². The molecule has 2 amide bonds. The normalized spacial score (nSPS) is 17.1. The number of nitrogens with zero attached hydrogens (tertiary/aromatic N) is 2. The van der Waals surface area contributed by atoms with Crippen molar-refractivity contribution in [2.45, 2.75) is 32.9 Å². The molecule has 1 saturated heterocycles. The molecule has 0 aliphatic carbocycles. The van der Waals surface area contributed by atoms with Gasteiger partial charge in [0, 0.05) is 32.7 Å². The molecule has 0 spiro atoms. The quantitative estimate of drug-likeness (QED) is 0.743. The topological polar surface area (TPSA) is 78.7 Å². The van der Waals surface area contributed by atoms with E-state index in [4.69, 9.17) is 5.73 Å². The Morgan fingerprint density at radius 1 is 1.15 bits per heavy atom. The van der Waals surface area contributed by atoms with Crippen LogP contribution in [0.4, 0.5) is 0 Å². The predicted molar refractivity (Wildman–Crippen MR) is 106 cm³/mol. The Balaban J connectivity index is 0.00000338. The Morgan fingerprint density at radius 2 is 1.77 bits per heavy atom. The van der Waals surface area contributed by atoms with E-state index in [1.165, 1.54) is 5.56 Å². The van der Waals surface area contributed by atoms with Gasteiger partial charge < -0.3 is 16.0 Å². The fraction of sp³-hybridized carbons (Fsp3) is 0.579. The van der Waals surface area contributed by atoms with Crippen LogP contribution in [0.3, 0.4) is 0 Å². The molecule has 1 aromatic carbocycles. The highest BCUT2D eigenvalue weighted by molar-refractivity contribution is 5.87. The van der Waals surface area contributed by atoms with E-state index < -0.39 is 6.04 Å². The third-order valence-electron chi connectivity index (χ3n) is 4.95. The average Bonchev–Trinajstić information content (AvgIpc) is 2.66. The minimum Gasteiger partial charge on any atom is -0.346 e. The summed E-state index contributed by atoms with van der Waals surface area (Å²) >= 11 is 0. The van der Waals surface area contributed by atoms with E-state index in [1.54, 1.807) is 0 Å². The van der Waals surface area contributed by atoms with Crippen molar-refractivity contribution in [2.24, 2.45) is 11.7 Å². The monoisotopic (exact) mass is 382 g/mol. The Bertz CT molecular complexity index is 562. The number of hydrogen-bond acceptors (Lipinski definition) is 4. The zero-order valence-electron chi connectivity index (χ0n) is 15.7. The van der Waals surface area contributed by atoms with Gasteiger partial charge >= 0.3 is 0 Å². The molecule has 26 heavy (non-hydrogen) atoms. The van der Waals surface area contributed by atoms with E-state index in [-0.39, 0.29) is 36.7 Å². The van der Waals surface area contributed by atoms with Crippen LogP contribution in [0, 0.1) is 5.92 Å². The number of carbonyl (C=O) groups excluding carboxylic acids is 2. The van der Waals surface area contributed by atoms with E-state index in [9.17, 15) is 9.59 Å². The first-order chi connectivity index (χ1) is 12.0. The highest BCUT2D eigenvalue weighted by atomic mass is 35.5. The molecule has 3 N–H and O–H groups in total. The molecule has 0 saturated carbocycles. The molecule has 2 unspecified atom stereocenters. The summed E-state index contributed by atoms with van der Waals surface area (Å²) < 4.78 is 0. The smallest absolute Gasteiger partial charge is 0.242 e. The van der Waals surface area contributed by atoms with Crippen molar-refractivity contribution in [1.29, 1.82) is 0 Å². The van der Waals surface area contributed by atoms with E-state index in [1.807, 2.05) is 36.9 Å². The van der Waals surface area contributed by atoms with E-state index in [0.29, 0.717) is 13.1 Å². The molecule has 2 atom stereocenters. The summed E-state index contributed by atoms with van der Waals surface area (Å²) in [6.07, 6.45) is 0.839. The Morgan fingerprint density at radius 3 is 2.35 bits per heavy atom. The number of nitrogens with two attached hydrogens (primary N) is 1. The summed E-state index contributed by atoms with van der Waals surface area (Å²) in [7, 11) is 0. The molecular formula is C19H31ClN4O2. The van der Waals surface area contributed by atoms with Gasteiger partial charge in [-0.15, -0.1) is 12.4 Å². The summed E-state index contributed by atoms with van der Waals surface area (Å²) in [4.78, 5) is 28.4. The van der Waals surface area contributed by atoms with Gasteiger partial charge in [0.15, 0.2) is 0 Å². The van der Waals surface area contributed by atoms with Crippen molar-refractivity contribution < 1.29 is 9.59 Å². The number of rotatable bonds is 7. The molecule has 1 aliphatic heterocycles. The summed E-state index contributed by atoms with van der Waals surface area (Å²) in [6, 6.07) is 9.78. The maximum atomic E-state index is 12.3. The average molecular weight is 383 g/mol. The number of nitrogens with one attached hydrogen (secondary N) is 1. The predicted octanol–water partition coefficient (Wildman–Crippen LogP) is 1.24. The second kappa shape index (κ2) is 11.2. The molecule has 146 valence electrons. The summed E-state index contributed by atoms with van der Waals surface area (Å²) in [5, 5.41) is 2.68. The zero-order valence-corrected chi connectivity index (χ0v) is 16.5. The molecule has 6 nitrogen and oxygen atoms in total. The number of hydrogen-bond donors (Lipinski definition) is 2. The Labute approximate surface area is 162 Å². The van der Waals surface area contributed by atoms with Gasteiger partial charge in [0.2, 0.25) is 11.8 Å². The van der Waals surface area contributed by atoms with Crippen molar-refractivity contribution in [3.8, 4) is 0 Å². The summed E-state index contributed by atoms with van der Waals surface area (Å²) in [6.45, 7) is 7.96. The van der Waals surface area contributed by atoms with Crippen LogP contribution in [-0.4, -0.2) is 60.4 Å². The van der Waals surface area contributed by atoms with E-state index >= 15 is 0 Å². The number of benzene rings is 1. The Hall–Kier alpha value is -1.63. The lowest BCUT2D eigenvalue weighted by Gasteiger charge is -2.35. The first-order valence-electron chi connectivity index (χ1n) is 9.08. The molecule has 0 aromatic heterocycles. The lowest BCUT2D eigenvalue weighted by molar-refractivity contribution is -0.134. The summed E-state index contributed by atoms with van der Waals surface area (Å²) in [5.41, 5.74) is 7.17. The molecule has 1 fully saturated rings. The van der Waals surface area contributed by atoms with Gasteiger partial charge in [0.25, 0.3) is 0 Å². The second-order valence-electron chi connectivity index (χ2n) is 6.77. The van der Waals surface area contributed by atoms with Gasteiger partial charge in [-0.2, -0.15) is 0 Å². The highest BCUT2D eigenvalue weighted by Gasteiger charge is 2.23. The number of halogens is 1. The van der Waals surface area contributed by atoms with Gasteiger partial charge in [0.05, 0.1) is 12.6 Å². The minimum atomic E-state index is -0.555. The van der Waals surface area contributed by atoms with Crippen LogP contribution < -0.4 is 11.1 Å². The third-order valence-corrected chi connectivity index (χ3v) is 4.95. The highest BCUT2D eigenvalue weighted by Crippen LogP contribution is 2.09. The molecule has 2 rings (SSSR count). The van der Waals surface area contributed by atoms with E-state index in [2.05, 4.69) is 22.3 Å². The first kappa shape index (κ1) is 22.4. The van der Waals surface area contributed by atoms with Crippen LogP contribution in [0.25, 0.3) is 0 Å². The van der Waals surface area contributed by atoms with Crippen LogP contribution in [0.2, 0.25) is 0 Å². The molecule has 1 aliphatic rings. The van der Waals surface area contributed by atoms with Crippen LogP contribution >= 0.6 is 12.4 Å². The largest absolute Gasteiger partial charge is 0.346 e. The molecule has 0 bridgehead atoms. The SMILES string of the molecule is CCC(C)C(N)C(=O)NCC(=O)N1CCN(Cc2ccccc2)CC1.Cl. The summed E-state index contributed by atoms with van der Waals surface area (Å²) in [5.74, 6) is -0.175. The molecule has 1 aromatic rings. The van der Waals surface area contributed by atoms with E-state index in [0.717, 1.165) is 26.1 Å². The van der Waals surface area contributed by atoms with Crippen molar-refractivity contribution in [3.63, 3.8) is 0 Å². The van der Waals surface area contributed by atoms with Gasteiger partial charge in [0.1, 0.15) is 0 Å². The minimum absolute atomic E-state index is 0. The maximum Gasteiger partial charge on any atom is 0.242 e. The second-order valence-corrected chi connectivity index (χ2v) is 6.77. The molecule has 7 heteroatoms. The number of piperazine rings is 1. The van der Waals surface area contributed by atoms with Gasteiger partial charge in [-0.3, -0.25) is 14.5 Å². The zero-order chi connectivity index (χ0) is 18.2.